The second-order valence-electron chi connectivity index (χ2n) is 5.75. The summed E-state index contributed by atoms with van der Waals surface area (Å²) in [6.07, 6.45) is 3.77. The van der Waals surface area contributed by atoms with Gasteiger partial charge in [0.15, 0.2) is 5.75 Å². The molecular formula is C16H18FN3O3. The van der Waals surface area contributed by atoms with Crippen LogP contribution < -0.4 is 10.1 Å². The molecule has 0 atom stereocenters. The monoisotopic (exact) mass is 319 g/mol. The molecule has 1 amide bonds. The Balaban J connectivity index is 2.41. The van der Waals surface area contributed by atoms with Crippen molar-refractivity contribution in [2.45, 2.75) is 26.4 Å². The molecule has 0 aliphatic rings. The predicted octanol–water partition coefficient (Wildman–Crippen LogP) is 3.64. The lowest BCUT2D eigenvalue weighted by atomic mass is 10.1. The van der Waals surface area contributed by atoms with Gasteiger partial charge in [-0.05, 0) is 26.8 Å². The Labute approximate surface area is 133 Å². The number of amides is 1. The molecule has 0 bridgehead atoms. The van der Waals surface area contributed by atoms with Gasteiger partial charge in [0.1, 0.15) is 11.4 Å². The quantitative estimate of drug-likeness (QED) is 0.935. The fraction of sp³-hybridized carbons (Fsp3) is 0.312. The fourth-order valence-corrected chi connectivity index (χ4v) is 1.95. The Morgan fingerprint density at radius 2 is 2.00 bits per heavy atom. The van der Waals surface area contributed by atoms with E-state index in [1.54, 1.807) is 20.8 Å². The number of carbonyl (C=O) groups excluding carboxylic acids is 1. The smallest absolute Gasteiger partial charge is 0.412 e. The number of anilines is 1. The zero-order valence-corrected chi connectivity index (χ0v) is 13.4. The number of halogens is 1. The number of rotatable bonds is 3. The normalized spacial score (nSPS) is 11.0. The van der Waals surface area contributed by atoms with Crippen molar-refractivity contribution in [1.82, 2.24) is 9.97 Å². The number of carbonyl (C=O) groups is 1. The van der Waals surface area contributed by atoms with Gasteiger partial charge in [0.25, 0.3) is 0 Å². The van der Waals surface area contributed by atoms with Gasteiger partial charge in [-0.3, -0.25) is 15.3 Å². The molecule has 2 aromatic rings. The van der Waals surface area contributed by atoms with Gasteiger partial charge < -0.3 is 9.47 Å². The molecule has 0 unspecified atom stereocenters. The second-order valence-corrected chi connectivity index (χ2v) is 5.75. The molecule has 2 rings (SSSR count). The highest BCUT2D eigenvalue weighted by Gasteiger charge is 2.20. The highest BCUT2D eigenvalue weighted by molar-refractivity contribution is 5.90. The summed E-state index contributed by atoms with van der Waals surface area (Å²) in [5.74, 6) is -0.268. The number of hydrogen-bond donors (Lipinski definition) is 1. The van der Waals surface area contributed by atoms with Crippen LogP contribution in [0.15, 0.2) is 30.7 Å². The number of hydrogen-bond acceptors (Lipinski definition) is 5. The van der Waals surface area contributed by atoms with E-state index in [1.165, 1.54) is 31.8 Å². The summed E-state index contributed by atoms with van der Waals surface area (Å²) in [6, 6.07) is 2.42. The van der Waals surface area contributed by atoms with Crippen LogP contribution in [0.4, 0.5) is 14.9 Å². The molecule has 1 aromatic heterocycles. The third-order valence-electron chi connectivity index (χ3n) is 2.73. The number of aromatic nitrogens is 2. The molecule has 6 nitrogen and oxygen atoms in total. The molecule has 0 saturated carbocycles. The molecule has 7 heteroatoms. The van der Waals surface area contributed by atoms with Gasteiger partial charge in [0, 0.05) is 24.0 Å². The molecule has 0 spiro atoms. The van der Waals surface area contributed by atoms with Crippen LogP contribution in [0.3, 0.4) is 0 Å². The summed E-state index contributed by atoms with van der Waals surface area (Å²) in [7, 11) is 1.42. The molecule has 0 aliphatic carbocycles. The maximum absolute atomic E-state index is 13.9. The summed E-state index contributed by atoms with van der Waals surface area (Å²) in [6.45, 7) is 5.21. The molecule has 1 heterocycles. The van der Waals surface area contributed by atoms with Gasteiger partial charge in [0.2, 0.25) is 0 Å². The third-order valence-corrected chi connectivity index (χ3v) is 2.73. The van der Waals surface area contributed by atoms with Crippen LogP contribution >= 0.6 is 0 Å². The molecule has 23 heavy (non-hydrogen) atoms. The second kappa shape index (κ2) is 6.60. The van der Waals surface area contributed by atoms with Crippen molar-refractivity contribution in [2.24, 2.45) is 0 Å². The molecule has 0 radical (unpaired) electrons. The zero-order valence-electron chi connectivity index (χ0n) is 13.4. The van der Waals surface area contributed by atoms with Crippen molar-refractivity contribution < 1.29 is 18.7 Å². The van der Waals surface area contributed by atoms with Crippen molar-refractivity contribution in [3.05, 3.63) is 36.5 Å². The Morgan fingerprint density at radius 1 is 1.26 bits per heavy atom. The van der Waals surface area contributed by atoms with Gasteiger partial charge >= 0.3 is 6.09 Å². The van der Waals surface area contributed by atoms with Crippen LogP contribution in [-0.4, -0.2) is 28.8 Å². The third kappa shape index (κ3) is 4.38. The van der Waals surface area contributed by atoms with E-state index in [0.717, 1.165) is 6.07 Å². The van der Waals surface area contributed by atoms with Crippen molar-refractivity contribution in [1.29, 1.82) is 0 Å². The first kappa shape index (κ1) is 16.7. The summed E-state index contributed by atoms with van der Waals surface area (Å²) in [5.41, 5.74) is 0.295. The molecule has 0 aliphatic heterocycles. The number of ether oxygens (including phenoxy) is 2. The maximum Gasteiger partial charge on any atom is 0.412 e. The topological polar surface area (TPSA) is 73.3 Å². The zero-order chi connectivity index (χ0) is 17.0. The Bertz CT molecular complexity index is 700. The van der Waals surface area contributed by atoms with Crippen molar-refractivity contribution in [3.63, 3.8) is 0 Å². The minimum atomic E-state index is -0.702. The van der Waals surface area contributed by atoms with Crippen LogP contribution in [0.2, 0.25) is 0 Å². The first-order chi connectivity index (χ1) is 10.8. The van der Waals surface area contributed by atoms with Gasteiger partial charge in [-0.2, -0.15) is 0 Å². The lowest BCUT2D eigenvalue weighted by molar-refractivity contribution is 0.0635. The lowest BCUT2D eigenvalue weighted by Gasteiger charge is -2.21. The fourth-order valence-electron chi connectivity index (χ4n) is 1.95. The highest BCUT2D eigenvalue weighted by atomic mass is 19.1. The average Bonchev–Trinajstić information content (AvgIpc) is 2.45. The molecule has 122 valence electrons. The number of nitrogens with one attached hydrogen (secondary N) is 1. The van der Waals surface area contributed by atoms with Crippen LogP contribution in [0, 0.1) is 5.82 Å². The van der Waals surface area contributed by atoms with Crippen molar-refractivity contribution in [3.8, 4) is 17.0 Å². The Kier molecular flexibility index (Phi) is 4.78. The largest absolute Gasteiger partial charge is 0.494 e. The van der Waals surface area contributed by atoms with Crippen molar-refractivity contribution >= 4 is 11.8 Å². The molecule has 0 fully saturated rings. The van der Waals surface area contributed by atoms with Crippen molar-refractivity contribution in [2.75, 3.05) is 12.4 Å². The molecular weight excluding hydrogens is 301 g/mol. The summed E-state index contributed by atoms with van der Waals surface area (Å²) < 4.78 is 24.4. The van der Waals surface area contributed by atoms with Gasteiger partial charge in [-0.25, -0.2) is 9.18 Å². The van der Waals surface area contributed by atoms with E-state index in [9.17, 15) is 9.18 Å². The number of benzene rings is 1. The first-order valence-electron chi connectivity index (χ1n) is 6.94. The van der Waals surface area contributed by atoms with E-state index < -0.39 is 17.5 Å². The van der Waals surface area contributed by atoms with E-state index in [1.807, 2.05) is 0 Å². The lowest BCUT2D eigenvalue weighted by Crippen LogP contribution is -2.27. The molecule has 0 saturated heterocycles. The highest BCUT2D eigenvalue weighted by Crippen LogP contribution is 2.36. The molecule has 1 N–H and O–H groups in total. The number of nitrogens with zero attached hydrogens (tertiary/aromatic N) is 2. The van der Waals surface area contributed by atoms with Crippen LogP contribution in [0.5, 0.6) is 5.75 Å². The average molecular weight is 319 g/mol. The Morgan fingerprint density at radius 3 is 2.57 bits per heavy atom. The van der Waals surface area contributed by atoms with Crippen LogP contribution in [-0.2, 0) is 4.74 Å². The van der Waals surface area contributed by atoms with Crippen LogP contribution in [0.1, 0.15) is 20.8 Å². The predicted molar refractivity (Wildman–Crippen MR) is 83.8 cm³/mol. The maximum atomic E-state index is 13.9. The van der Waals surface area contributed by atoms with Gasteiger partial charge in [-0.15, -0.1) is 0 Å². The van der Waals surface area contributed by atoms with Gasteiger partial charge in [-0.1, -0.05) is 0 Å². The van der Waals surface area contributed by atoms with E-state index in [4.69, 9.17) is 9.47 Å². The minimum Gasteiger partial charge on any atom is -0.494 e. The number of methoxy groups -OCH3 is 1. The van der Waals surface area contributed by atoms with Gasteiger partial charge in [0.05, 0.1) is 24.7 Å². The summed E-state index contributed by atoms with van der Waals surface area (Å²) in [5, 5.41) is 2.49. The van der Waals surface area contributed by atoms with E-state index in [0.29, 0.717) is 11.3 Å². The minimum absolute atomic E-state index is 0.155. The van der Waals surface area contributed by atoms with E-state index >= 15 is 0 Å². The van der Waals surface area contributed by atoms with Crippen LogP contribution in [0.25, 0.3) is 11.3 Å². The standard InChI is InChI=1S/C16H18FN3O3/c1-16(2,3)23-15(21)20-12-8-10(17)7-11(14(12)22-4)13-9-18-5-6-19-13/h5-9H,1-4H3,(H,20,21). The molecule has 1 aromatic carbocycles. The summed E-state index contributed by atoms with van der Waals surface area (Å²) >= 11 is 0. The Hall–Kier alpha value is -2.70. The van der Waals surface area contributed by atoms with E-state index in [2.05, 4.69) is 15.3 Å². The summed E-state index contributed by atoms with van der Waals surface area (Å²) in [4.78, 5) is 20.0. The van der Waals surface area contributed by atoms with E-state index in [-0.39, 0.29) is 11.4 Å². The first-order valence-corrected chi connectivity index (χ1v) is 6.94. The SMILES string of the molecule is COc1c(NC(=O)OC(C)(C)C)cc(F)cc1-c1cnccn1.